The lowest BCUT2D eigenvalue weighted by atomic mass is 10.0. The van der Waals surface area contributed by atoms with Crippen LogP contribution in [0.25, 0.3) is 0 Å². The van der Waals surface area contributed by atoms with Gasteiger partial charge in [0.15, 0.2) is 0 Å². The van der Waals surface area contributed by atoms with Crippen LogP contribution in [0.4, 0.5) is 15.8 Å². The van der Waals surface area contributed by atoms with Crippen LogP contribution in [0.2, 0.25) is 0 Å². The Morgan fingerprint density at radius 3 is 2.36 bits per heavy atom. The highest BCUT2D eigenvalue weighted by Crippen LogP contribution is 2.26. The smallest absolute Gasteiger partial charge is 0.275 e. The van der Waals surface area contributed by atoms with Crippen molar-refractivity contribution < 1.29 is 9.18 Å². The average Bonchev–Trinajstić information content (AvgIpc) is 3.46. The summed E-state index contributed by atoms with van der Waals surface area (Å²) in [7, 11) is 0. The predicted molar refractivity (Wildman–Crippen MR) is 140 cm³/mol. The van der Waals surface area contributed by atoms with Crippen LogP contribution in [-0.2, 0) is 0 Å². The fourth-order valence-electron chi connectivity index (χ4n) is 5.18. The molecule has 2 aliphatic rings. The molecule has 7 nitrogen and oxygen atoms in total. The van der Waals surface area contributed by atoms with Gasteiger partial charge in [0, 0.05) is 55.5 Å². The van der Waals surface area contributed by atoms with Crippen molar-refractivity contribution in [3.05, 3.63) is 84.2 Å². The molecular weight excluding hydrogens is 455 g/mol. The van der Waals surface area contributed by atoms with Gasteiger partial charge in [0.2, 0.25) is 0 Å². The lowest BCUT2D eigenvalue weighted by Crippen LogP contribution is -2.45. The molecule has 2 N–H and O–H groups in total. The Morgan fingerprint density at radius 1 is 0.972 bits per heavy atom. The number of hydrogen-bond donors (Lipinski definition) is 2. The van der Waals surface area contributed by atoms with E-state index in [4.69, 9.17) is 0 Å². The summed E-state index contributed by atoms with van der Waals surface area (Å²) in [5, 5.41) is 6.68. The summed E-state index contributed by atoms with van der Waals surface area (Å²) in [4.78, 5) is 25.2. The minimum atomic E-state index is -0.268. The van der Waals surface area contributed by atoms with E-state index >= 15 is 0 Å². The molecule has 0 bridgehead atoms. The summed E-state index contributed by atoms with van der Waals surface area (Å²) in [5.74, 6) is -0.448. The fourth-order valence-corrected chi connectivity index (χ4v) is 5.18. The second kappa shape index (κ2) is 11.6. The number of likely N-dealkylation sites (tertiary alicyclic amines) is 1. The molecule has 3 heterocycles. The number of hydrogen-bond acceptors (Lipinski definition) is 6. The molecule has 3 aromatic rings. The number of amides is 1. The zero-order valence-corrected chi connectivity index (χ0v) is 20.4. The maximum absolute atomic E-state index is 13.5. The van der Waals surface area contributed by atoms with E-state index in [1.165, 1.54) is 30.8 Å². The van der Waals surface area contributed by atoms with Gasteiger partial charge in [-0.1, -0.05) is 12.1 Å². The molecule has 1 atom stereocenters. The second-order valence-corrected chi connectivity index (χ2v) is 9.57. The summed E-state index contributed by atoms with van der Waals surface area (Å²) in [6, 6.07) is 15.7. The van der Waals surface area contributed by atoms with Crippen molar-refractivity contribution in [3.63, 3.8) is 0 Å². The highest BCUT2D eigenvalue weighted by molar-refractivity contribution is 6.02. The van der Waals surface area contributed by atoms with E-state index < -0.39 is 0 Å². The molecule has 2 aromatic carbocycles. The summed E-state index contributed by atoms with van der Waals surface area (Å²) >= 11 is 0. The van der Waals surface area contributed by atoms with Gasteiger partial charge in [-0.05, 0) is 80.7 Å². The molecule has 0 radical (unpaired) electrons. The molecule has 1 aromatic heterocycles. The van der Waals surface area contributed by atoms with Crippen molar-refractivity contribution in [2.75, 3.05) is 42.9 Å². The van der Waals surface area contributed by atoms with E-state index in [9.17, 15) is 9.18 Å². The summed E-state index contributed by atoms with van der Waals surface area (Å²) in [5.41, 5.74) is 3.38. The van der Waals surface area contributed by atoms with Gasteiger partial charge < -0.3 is 15.5 Å². The number of nitrogens with one attached hydrogen (secondary N) is 2. The Kier molecular flexibility index (Phi) is 7.83. The van der Waals surface area contributed by atoms with Crippen molar-refractivity contribution in [2.45, 2.75) is 37.8 Å². The Bertz CT molecular complexity index is 1110. The lowest BCUT2D eigenvalue weighted by molar-refractivity contribution is 0.102. The number of carbonyl (C=O) groups is 1. The monoisotopic (exact) mass is 488 g/mol. The molecule has 0 spiro atoms. The number of anilines is 2. The molecule has 0 saturated carbocycles. The van der Waals surface area contributed by atoms with Crippen LogP contribution in [0, 0.1) is 5.82 Å². The molecule has 2 saturated heterocycles. The highest BCUT2D eigenvalue weighted by Gasteiger charge is 2.26. The number of aromatic nitrogens is 2. The second-order valence-electron chi connectivity index (χ2n) is 9.57. The molecular formula is C28H33FN6O. The van der Waals surface area contributed by atoms with Crippen LogP contribution >= 0.6 is 0 Å². The quantitative estimate of drug-likeness (QED) is 0.494. The summed E-state index contributed by atoms with van der Waals surface area (Å²) in [6.45, 7) is 5.06. The Morgan fingerprint density at radius 2 is 1.69 bits per heavy atom. The van der Waals surface area contributed by atoms with Gasteiger partial charge in [-0.2, -0.15) is 0 Å². The first kappa shape index (κ1) is 24.3. The van der Waals surface area contributed by atoms with Crippen LogP contribution in [0.3, 0.4) is 0 Å². The van der Waals surface area contributed by atoms with Crippen molar-refractivity contribution in [2.24, 2.45) is 0 Å². The maximum atomic E-state index is 13.5. The van der Waals surface area contributed by atoms with Crippen LogP contribution in [0.1, 0.15) is 47.8 Å². The number of benzene rings is 2. The molecule has 2 fully saturated rings. The van der Waals surface area contributed by atoms with E-state index in [0.717, 1.165) is 56.9 Å². The molecule has 5 rings (SSSR count). The maximum Gasteiger partial charge on any atom is 0.275 e. The van der Waals surface area contributed by atoms with Gasteiger partial charge in [-0.25, -0.2) is 9.37 Å². The van der Waals surface area contributed by atoms with E-state index in [1.54, 1.807) is 18.3 Å². The molecule has 36 heavy (non-hydrogen) atoms. The lowest BCUT2D eigenvalue weighted by Gasteiger charge is -2.36. The number of nitrogens with zero attached hydrogens (tertiary/aromatic N) is 4. The molecule has 1 amide bonds. The highest BCUT2D eigenvalue weighted by atomic mass is 19.1. The zero-order chi connectivity index (χ0) is 24.7. The van der Waals surface area contributed by atoms with E-state index in [1.807, 2.05) is 24.3 Å². The Labute approximate surface area is 211 Å². The third kappa shape index (κ3) is 6.06. The fraction of sp³-hybridized carbons (Fsp3) is 0.393. The van der Waals surface area contributed by atoms with Crippen molar-refractivity contribution in [3.8, 4) is 0 Å². The topological polar surface area (TPSA) is 73.4 Å². The third-order valence-corrected chi connectivity index (χ3v) is 7.22. The number of piperidine rings is 1. The minimum absolute atomic E-state index is 0.180. The first-order chi connectivity index (χ1) is 17.7. The van der Waals surface area contributed by atoms with Gasteiger partial charge in [0.25, 0.3) is 5.91 Å². The van der Waals surface area contributed by atoms with Gasteiger partial charge in [0.1, 0.15) is 11.5 Å². The first-order valence-corrected chi connectivity index (χ1v) is 12.8. The average molecular weight is 489 g/mol. The van der Waals surface area contributed by atoms with Gasteiger partial charge in [-0.15, -0.1) is 0 Å². The molecule has 0 unspecified atom stereocenters. The first-order valence-electron chi connectivity index (χ1n) is 12.8. The van der Waals surface area contributed by atoms with Crippen molar-refractivity contribution >= 4 is 17.3 Å². The van der Waals surface area contributed by atoms with Crippen LogP contribution in [0.5, 0.6) is 0 Å². The minimum Gasteiger partial charge on any atom is -0.371 e. The molecule has 8 heteroatoms. The number of carbonyl (C=O) groups excluding carboxylic acids is 1. The van der Waals surface area contributed by atoms with Crippen LogP contribution in [-0.4, -0.2) is 59.5 Å². The van der Waals surface area contributed by atoms with E-state index in [-0.39, 0.29) is 17.8 Å². The van der Waals surface area contributed by atoms with E-state index in [2.05, 4.69) is 42.5 Å². The predicted octanol–water partition coefficient (Wildman–Crippen LogP) is 4.26. The molecule has 0 aliphatic carbocycles. The Hall–Kier alpha value is -3.36. The van der Waals surface area contributed by atoms with Crippen LogP contribution in [0.15, 0.2) is 67.1 Å². The number of halogens is 1. The summed E-state index contributed by atoms with van der Waals surface area (Å²) < 4.78 is 13.5. The SMILES string of the molecule is O=C(Nc1ccc(N2CCC(NC[C@@H](c3ccc(F)cc3)N3CCCC3)CC2)cc1)c1cnccn1. The Balaban J connectivity index is 1.12. The van der Waals surface area contributed by atoms with Crippen molar-refractivity contribution in [1.82, 2.24) is 20.2 Å². The molecule has 188 valence electrons. The molecule has 2 aliphatic heterocycles. The van der Waals surface area contributed by atoms with Gasteiger partial charge in [-0.3, -0.25) is 14.7 Å². The largest absolute Gasteiger partial charge is 0.371 e. The van der Waals surface area contributed by atoms with Gasteiger partial charge >= 0.3 is 0 Å². The zero-order valence-electron chi connectivity index (χ0n) is 20.4. The normalized spacial score (nSPS) is 17.8. The van der Waals surface area contributed by atoms with E-state index in [0.29, 0.717) is 11.7 Å². The standard InChI is InChI=1S/C28H33FN6O/c29-22-5-3-21(4-6-22)27(35-15-1-2-16-35)20-32-23-11-17-34(18-12-23)25-9-7-24(8-10-25)33-28(36)26-19-30-13-14-31-26/h3-10,13-14,19,23,27,32H,1-2,11-12,15-18,20H2,(H,33,36)/t27-/m0/s1. The van der Waals surface area contributed by atoms with Crippen molar-refractivity contribution in [1.29, 1.82) is 0 Å². The summed E-state index contributed by atoms with van der Waals surface area (Å²) in [6.07, 6.45) is 9.11. The third-order valence-electron chi connectivity index (χ3n) is 7.22. The number of rotatable bonds is 8. The van der Waals surface area contributed by atoms with Gasteiger partial charge in [0.05, 0.1) is 6.20 Å². The van der Waals surface area contributed by atoms with Crippen LogP contribution < -0.4 is 15.5 Å².